The molecule has 2 N–H and O–H groups in total. The number of carbonyl (C=O) groups excluding carboxylic acids is 1. The minimum Gasteiger partial charge on any atom is -0.465 e. The third kappa shape index (κ3) is 3.41. The number of esters is 1. The van der Waals surface area contributed by atoms with Crippen LogP contribution in [0, 0.1) is 6.92 Å². The lowest BCUT2D eigenvalue weighted by molar-refractivity contribution is 0.0237. The summed E-state index contributed by atoms with van der Waals surface area (Å²) in [5, 5.41) is 13.2. The van der Waals surface area contributed by atoms with Gasteiger partial charge in [-0.25, -0.2) is 14.8 Å². The molecule has 0 amide bonds. The summed E-state index contributed by atoms with van der Waals surface area (Å²) >= 11 is 0. The molecule has 0 spiro atoms. The summed E-state index contributed by atoms with van der Waals surface area (Å²) in [7, 11) is 1.30. The zero-order chi connectivity index (χ0) is 14.8. The van der Waals surface area contributed by atoms with Crippen LogP contribution >= 0.6 is 0 Å². The Bertz CT molecular complexity index is 479. The Kier molecular flexibility index (Phi) is 4.15. The van der Waals surface area contributed by atoms with Gasteiger partial charge >= 0.3 is 5.97 Å². The van der Waals surface area contributed by atoms with Gasteiger partial charge in [-0.05, 0) is 34.6 Å². The molecule has 0 aromatic carbocycles. The summed E-state index contributed by atoms with van der Waals surface area (Å²) in [5.74, 6) is 0.363. The van der Waals surface area contributed by atoms with E-state index in [1.807, 2.05) is 13.8 Å². The maximum absolute atomic E-state index is 11.7. The average Bonchev–Trinajstić information content (AvgIpc) is 2.26. The molecule has 0 saturated carbocycles. The van der Waals surface area contributed by atoms with Crippen molar-refractivity contribution in [1.82, 2.24) is 9.97 Å². The number of ether oxygens (including phenoxy) is 1. The molecule has 0 aliphatic rings. The molecule has 0 saturated heterocycles. The highest BCUT2D eigenvalue weighted by Crippen LogP contribution is 2.26. The molecule has 1 heterocycles. The van der Waals surface area contributed by atoms with Gasteiger partial charge in [0.2, 0.25) is 0 Å². The van der Waals surface area contributed by atoms with Crippen LogP contribution in [-0.4, -0.2) is 39.3 Å². The fourth-order valence-electron chi connectivity index (χ4n) is 1.27. The number of nitrogens with zero attached hydrogens (tertiary/aromatic N) is 2. The van der Waals surface area contributed by atoms with E-state index in [1.54, 1.807) is 20.8 Å². The molecule has 106 valence electrons. The summed E-state index contributed by atoms with van der Waals surface area (Å²) in [4.78, 5) is 19.9. The summed E-state index contributed by atoms with van der Waals surface area (Å²) < 4.78 is 4.70. The van der Waals surface area contributed by atoms with E-state index in [4.69, 9.17) is 4.74 Å². The van der Waals surface area contributed by atoms with Crippen molar-refractivity contribution >= 4 is 11.8 Å². The van der Waals surface area contributed by atoms with Crippen LogP contribution in [0.15, 0.2) is 6.20 Å². The van der Waals surface area contributed by atoms with Crippen molar-refractivity contribution in [2.75, 3.05) is 12.4 Å². The van der Waals surface area contributed by atoms with Crippen LogP contribution in [0.5, 0.6) is 0 Å². The maximum atomic E-state index is 11.7. The number of anilines is 1. The SMILES string of the molecule is COC(=O)c1cnc(C)nc1NC(C)(C)C(C)(C)O. The van der Waals surface area contributed by atoms with Gasteiger partial charge in [0.05, 0.1) is 18.2 Å². The number of aryl methyl sites for hydroxylation is 1. The van der Waals surface area contributed by atoms with Gasteiger partial charge in [0.25, 0.3) is 0 Å². The van der Waals surface area contributed by atoms with Crippen LogP contribution in [0.25, 0.3) is 0 Å². The van der Waals surface area contributed by atoms with Crippen LogP contribution in [0.2, 0.25) is 0 Å². The van der Waals surface area contributed by atoms with E-state index >= 15 is 0 Å². The van der Waals surface area contributed by atoms with Crippen molar-refractivity contribution in [3.05, 3.63) is 17.6 Å². The zero-order valence-electron chi connectivity index (χ0n) is 12.2. The highest BCUT2D eigenvalue weighted by atomic mass is 16.5. The van der Waals surface area contributed by atoms with E-state index in [0.717, 1.165) is 0 Å². The highest BCUT2D eigenvalue weighted by Gasteiger charge is 2.36. The Hall–Kier alpha value is -1.69. The topological polar surface area (TPSA) is 84.3 Å². The second-order valence-corrected chi connectivity index (χ2v) is 5.48. The first-order valence-corrected chi connectivity index (χ1v) is 6.01. The molecule has 0 atom stereocenters. The Morgan fingerprint density at radius 2 is 1.95 bits per heavy atom. The average molecular weight is 267 g/mol. The molecule has 1 aromatic rings. The number of rotatable bonds is 4. The Labute approximate surface area is 113 Å². The predicted octanol–water partition coefficient (Wildman–Crippen LogP) is 1.53. The molecule has 1 rings (SSSR count). The van der Waals surface area contributed by atoms with Crippen molar-refractivity contribution in [3.8, 4) is 0 Å². The number of carbonyl (C=O) groups is 1. The largest absolute Gasteiger partial charge is 0.465 e. The number of aliphatic hydroxyl groups is 1. The quantitative estimate of drug-likeness (QED) is 0.805. The van der Waals surface area contributed by atoms with Crippen LogP contribution in [0.1, 0.15) is 43.9 Å². The highest BCUT2D eigenvalue weighted by molar-refractivity contribution is 5.94. The number of hydrogen-bond acceptors (Lipinski definition) is 6. The molecule has 0 aliphatic carbocycles. The van der Waals surface area contributed by atoms with Crippen molar-refractivity contribution < 1.29 is 14.6 Å². The maximum Gasteiger partial charge on any atom is 0.343 e. The number of nitrogens with one attached hydrogen (secondary N) is 1. The van der Waals surface area contributed by atoms with Crippen molar-refractivity contribution in [3.63, 3.8) is 0 Å². The molecule has 0 fully saturated rings. The first-order valence-electron chi connectivity index (χ1n) is 6.01. The van der Waals surface area contributed by atoms with Crippen molar-refractivity contribution in [2.24, 2.45) is 0 Å². The van der Waals surface area contributed by atoms with Gasteiger partial charge < -0.3 is 15.2 Å². The van der Waals surface area contributed by atoms with E-state index in [1.165, 1.54) is 13.3 Å². The molecule has 0 radical (unpaired) electrons. The summed E-state index contributed by atoms with van der Waals surface area (Å²) in [6.07, 6.45) is 1.41. The van der Waals surface area contributed by atoms with Gasteiger partial charge in [-0.15, -0.1) is 0 Å². The van der Waals surface area contributed by atoms with E-state index in [-0.39, 0.29) is 5.56 Å². The van der Waals surface area contributed by atoms with E-state index in [0.29, 0.717) is 11.6 Å². The molecule has 0 unspecified atom stereocenters. The molecular weight excluding hydrogens is 246 g/mol. The number of methoxy groups -OCH3 is 1. The van der Waals surface area contributed by atoms with Crippen LogP contribution < -0.4 is 5.32 Å². The van der Waals surface area contributed by atoms with Crippen LogP contribution in [0.4, 0.5) is 5.82 Å². The lowest BCUT2D eigenvalue weighted by atomic mass is 9.86. The minimum atomic E-state index is -1.00. The van der Waals surface area contributed by atoms with Gasteiger partial charge in [-0.2, -0.15) is 0 Å². The summed E-state index contributed by atoms with van der Waals surface area (Å²) in [6, 6.07) is 0. The monoisotopic (exact) mass is 267 g/mol. The lowest BCUT2D eigenvalue weighted by Crippen LogP contribution is -2.51. The smallest absolute Gasteiger partial charge is 0.343 e. The van der Waals surface area contributed by atoms with E-state index in [9.17, 15) is 9.90 Å². The first kappa shape index (κ1) is 15.4. The Balaban J connectivity index is 3.20. The fourth-order valence-corrected chi connectivity index (χ4v) is 1.27. The normalized spacial score (nSPS) is 12.2. The Morgan fingerprint density at radius 1 is 1.37 bits per heavy atom. The van der Waals surface area contributed by atoms with Gasteiger partial charge in [-0.3, -0.25) is 0 Å². The van der Waals surface area contributed by atoms with Gasteiger partial charge in [0, 0.05) is 6.20 Å². The van der Waals surface area contributed by atoms with Crippen LogP contribution in [0.3, 0.4) is 0 Å². The third-order valence-corrected chi connectivity index (χ3v) is 3.27. The Morgan fingerprint density at radius 3 is 2.42 bits per heavy atom. The molecule has 6 nitrogen and oxygen atoms in total. The van der Waals surface area contributed by atoms with E-state index < -0.39 is 17.1 Å². The third-order valence-electron chi connectivity index (χ3n) is 3.27. The lowest BCUT2D eigenvalue weighted by Gasteiger charge is -2.38. The molecule has 6 heteroatoms. The second kappa shape index (κ2) is 5.13. The second-order valence-electron chi connectivity index (χ2n) is 5.48. The summed E-state index contributed by atoms with van der Waals surface area (Å²) in [5.41, 5.74) is -1.44. The molecule has 0 aliphatic heterocycles. The molecule has 1 aromatic heterocycles. The molecular formula is C13H21N3O3. The van der Waals surface area contributed by atoms with Crippen LogP contribution in [-0.2, 0) is 4.74 Å². The zero-order valence-corrected chi connectivity index (χ0v) is 12.2. The standard InChI is InChI=1S/C13H21N3O3/c1-8-14-7-9(11(17)19-6)10(15-8)16-12(2,3)13(4,5)18/h7,18H,1-6H3,(H,14,15,16). The molecule has 19 heavy (non-hydrogen) atoms. The predicted molar refractivity (Wildman–Crippen MR) is 72.1 cm³/mol. The minimum absolute atomic E-state index is 0.241. The van der Waals surface area contributed by atoms with Gasteiger partial charge in [0.15, 0.2) is 0 Å². The van der Waals surface area contributed by atoms with Crippen molar-refractivity contribution in [1.29, 1.82) is 0 Å². The number of aromatic nitrogens is 2. The molecule has 0 bridgehead atoms. The van der Waals surface area contributed by atoms with Gasteiger partial charge in [-0.1, -0.05) is 0 Å². The first-order chi connectivity index (χ1) is 8.58. The summed E-state index contributed by atoms with van der Waals surface area (Å²) in [6.45, 7) is 8.75. The number of hydrogen-bond donors (Lipinski definition) is 2. The van der Waals surface area contributed by atoms with Gasteiger partial charge in [0.1, 0.15) is 17.2 Å². The van der Waals surface area contributed by atoms with Crippen molar-refractivity contribution in [2.45, 2.75) is 45.8 Å². The van der Waals surface area contributed by atoms with E-state index in [2.05, 4.69) is 15.3 Å². The fraction of sp³-hybridized carbons (Fsp3) is 0.615.